The van der Waals surface area contributed by atoms with Crippen LogP contribution in [-0.2, 0) is 4.79 Å². The van der Waals surface area contributed by atoms with Crippen LogP contribution in [0, 0.1) is 0 Å². The topological polar surface area (TPSA) is 83.6 Å². The summed E-state index contributed by atoms with van der Waals surface area (Å²) in [6.07, 6.45) is 7.69. The molecular weight excluding hydrogens is 218 g/mol. The van der Waals surface area contributed by atoms with Gasteiger partial charge in [0.25, 0.3) is 0 Å². The molecule has 0 aliphatic carbocycles. The average Bonchev–Trinajstić information content (AvgIpc) is 2.77. The summed E-state index contributed by atoms with van der Waals surface area (Å²) in [5.74, 6) is -0.0172. The minimum atomic E-state index is -0.0172. The number of amides is 1. The maximum Gasteiger partial charge on any atom is 0.216 e. The molecule has 2 heterocycles. The Balaban J connectivity index is 2.00. The zero-order valence-corrected chi connectivity index (χ0v) is 9.47. The van der Waals surface area contributed by atoms with Crippen LogP contribution in [0.3, 0.4) is 0 Å². The largest absolute Gasteiger partial charge is 0.356 e. The Morgan fingerprint density at radius 1 is 1.47 bits per heavy atom. The molecule has 1 amide bonds. The first-order chi connectivity index (χ1) is 8.27. The van der Waals surface area contributed by atoms with Gasteiger partial charge in [0.2, 0.25) is 5.91 Å². The molecule has 2 N–H and O–H groups in total. The quantitative estimate of drug-likeness (QED) is 0.765. The Kier molecular flexibility index (Phi) is 3.44. The standard InChI is InChI=1S/C11H13N5O/c1-8(17)12-5-3-2-4-9-10-11(15-6-13-9)16-7-14-10/h2,4,6-7H,3,5H2,1H3,(H,12,17)(H,13,14,15,16). The highest BCUT2D eigenvalue weighted by Gasteiger charge is 2.01. The van der Waals surface area contributed by atoms with Crippen LogP contribution in [0.25, 0.3) is 17.2 Å². The first kappa shape index (κ1) is 11.3. The molecule has 0 aliphatic rings. The molecule has 0 bridgehead atoms. The number of rotatable bonds is 4. The molecule has 0 saturated carbocycles. The number of hydrogen-bond donors (Lipinski definition) is 2. The van der Waals surface area contributed by atoms with E-state index in [4.69, 9.17) is 0 Å². The molecule has 0 aromatic carbocycles. The number of carbonyl (C=O) groups is 1. The lowest BCUT2D eigenvalue weighted by atomic mass is 10.3. The molecule has 0 radical (unpaired) electrons. The first-order valence-corrected chi connectivity index (χ1v) is 5.32. The van der Waals surface area contributed by atoms with Crippen molar-refractivity contribution in [2.24, 2.45) is 0 Å². The van der Waals surface area contributed by atoms with Crippen LogP contribution in [0.5, 0.6) is 0 Å². The van der Waals surface area contributed by atoms with E-state index in [1.54, 1.807) is 6.33 Å². The molecule has 17 heavy (non-hydrogen) atoms. The van der Waals surface area contributed by atoms with Crippen LogP contribution in [-0.4, -0.2) is 32.4 Å². The normalized spacial score (nSPS) is 11.1. The van der Waals surface area contributed by atoms with Crippen molar-refractivity contribution in [2.45, 2.75) is 13.3 Å². The van der Waals surface area contributed by atoms with E-state index in [0.29, 0.717) is 12.2 Å². The fourth-order valence-corrected chi connectivity index (χ4v) is 1.44. The molecule has 2 rings (SSSR count). The predicted octanol–water partition coefficient (Wildman–Crippen LogP) is 0.892. The van der Waals surface area contributed by atoms with E-state index in [2.05, 4.69) is 25.3 Å². The van der Waals surface area contributed by atoms with Crippen LogP contribution < -0.4 is 5.32 Å². The van der Waals surface area contributed by atoms with Crippen molar-refractivity contribution in [3.8, 4) is 0 Å². The molecule has 0 unspecified atom stereocenters. The summed E-state index contributed by atoms with van der Waals surface area (Å²) in [5, 5.41) is 2.72. The highest BCUT2D eigenvalue weighted by Crippen LogP contribution is 2.10. The lowest BCUT2D eigenvalue weighted by molar-refractivity contribution is -0.118. The molecule has 0 atom stereocenters. The number of H-pyrrole nitrogens is 1. The van der Waals surface area contributed by atoms with Gasteiger partial charge in [0.1, 0.15) is 11.8 Å². The van der Waals surface area contributed by atoms with Crippen LogP contribution in [0.1, 0.15) is 19.0 Å². The maximum absolute atomic E-state index is 10.6. The SMILES string of the molecule is CC(=O)NCCC=Cc1ncnc2nc[nH]c12. The highest BCUT2D eigenvalue weighted by molar-refractivity contribution is 5.79. The highest BCUT2D eigenvalue weighted by atomic mass is 16.1. The fraction of sp³-hybridized carbons (Fsp3) is 0.273. The number of carbonyl (C=O) groups excluding carboxylic acids is 1. The summed E-state index contributed by atoms with van der Waals surface area (Å²) in [6, 6.07) is 0. The molecule has 0 aliphatic heterocycles. The van der Waals surface area contributed by atoms with Crippen LogP contribution in [0.15, 0.2) is 18.7 Å². The number of imidazole rings is 1. The fourth-order valence-electron chi connectivity index (χ4n) is 1.44. The molecular formula is C11H13N5O. The zero-order valence-electron chi connectivity index (χ0n) is 9.47. The van der Waals surface area contributed by atoms with E-state index in [9.17, 15) is 4.79 Å². The van der Waals surface area contributed by atoms with Gasteiger partial charge >= 0.3 is 0 Å². The van der Waals surface area contributed by atoms with Crippen molar-refractivity contribution in [1.82, 2.24) is 25.3 Å². The third kappa shape index (κ3) is 2.87. The van der Waals surface area contributed by atoms with Crippen LogP contribution in [0.4, 0.5) is 0 Å². The monoisotopic (exact) mass is 231 g/mol. The Hall–Kier alpha value is -2.24. The second kappa shape index (κ2) is 5.20. The van der Waals surface area contributed by atoms with Gasteiger partial charge in [0.15, 0.2) is 5.65 Å². The van der Waals surface area contributed by atoms with Crippen molar-refractivity contribution >= 4 is 23.1 Å². The lowest BCUT2D eigenvalue weighted by Gasteiger charge is -1.97. The number of fused-ring (bicyclic) bond motifs is 1. The molecule has 0 spiro atoms. The minimum Gasteiger partial charge on any atom is -0.356 e. The summed E-state index contributed by atoms with van der Waals surface area (Å²) in [7, 11) is 0. The van der Waals surface area contributed by atoms with Crippen LogP contribution >= 0.6 is 0 Å². The van der Waals surface area contributed by atoms with Crippen molar-refractivity contribution < 1.29 is 4.79 Å². The average molecular weight is 231 g/mol. The van der Waals surface area contributed by atoms with Gasteiger partial charge in [-0.15, -0.1) is 0 Å². The zero-order chi connectivity index (χ0) is 12.1. The van der Waals surface area contributed by atoms with E-state index in [1.807, 2.05) is 12.2 Å². The maximum atomic E-state index is 10.6. The van der Waals surface area contributed by atoms with Crippen LogP contribution in [0.2, 0.25) is 0 Å². The third-order valence-corrected chi connectivity index (χ3v) is 2.21. The van der Waals surface area contributed by atoms with Crippen molar-refractivity contribution in [3.05, 3.63) is 24.4 Å². The van der Waals surface area contributed by atoms with Gasteiger partial charge in [0.05, 0.1) is 12.0 Å². The summed E-state index contributed by atoms with van der Waals surface area (Å²) in [5.41, 5.74) is 2.28. The Labute approximate surface area is 98.2 Å². The number of nitrogens with zero attached hydrogens (tertiary/aromatic N) is 3. The molecule has 88 valence electrons. The van der Waals surface area contributed by atoms with Gasteiger partial charge in [-0.25, -0.2) is 15.0 Å². The Morgan fingerprint density at radius 2 is 2.35 bits per heavy atom. The van der Waals surface area contributed by atoms with E-state index < -0.39 is 0 Å². The van der Waals surface area contributed by atoms with Gasteiger partial charge in [0, 0.05) is 13.5 Å². The minimum absolute atomic E-state index is 0.0172. The number of aromatic nitrogens is 4. The van der Waals surface area contributed by atoms with Crippen molar-refractivity contribution in [1.29, 1.82) is 0 Å². The summed E-state index contributed by atoms with van der Waals surface area (Å²) >= 11 is 0. The summed E-state index contributed by atoms with van der Waals surface area (Å²) < 4.78 is 0. The number of nitrogens with one attached hydrogen (secondary N) is 2. The number of hydrogen-bond acceptors (Lipinski definition) is 4. The Bertz CT molecular complexity index is 546. The van der Waals surface area contributed by atoms with E-state index in [0.717, 1.165) is 17.6 Å². The second-order valence-electron chi connectivity index (χ2n) is 3.53. The Morgan fingerprint density at radius 3 is 3.18 bits per heavy atom. The molecule has 0 saturated heterocycles. The predicted molar refractivity (Wildman–Crippen MR) is 64.0 cm³/mol. The first-order valence-electron chi connectivity index (χ1n) is 5.32. The molecule has 0 fully saturated rings. The second-order valence-corrected chi connectivity index (χ2v) is 3.53. The van der Waals surface area contributed by atoms with E-state index >= 15 is 0 Å². The van der Waals surface area contributed by atoms with Gasteiger partial charge in [-0.1, -0.05) is 6.08 Å². The summed E-state index contributed by atoms with van der Waals surface area (Å²) in [4.78, 5) is 25.9. The van der Waals surface area contributed by atoms with Gasteiger partial charge < -0.3 is 10.3 Å². The van der Waals surface area contributed by atoms with Gasteiger partial charge in [-0.3, -0.25) is 4.79 Å². The van der Waals surface area contributed by atoms with Crippen molar-refractivity contribution in [3.63, 3.8) is 0 Å². The molecule has 6 heteroatoms. The molecule has 2 aromatic heterocycles. The van der Waals surface area contributed by atoms with E-state index in [-0.39, 0.29) is 5.91 Å². The third-order valence-electron chi connectivity index (χ3n) is 2.21. The number of aromatic amines is 1. The van der Waals surface area contributed by atoms with Crippen molar-refractivity contribution in [2.75, 3.05) is 6.54 Å². The molecule has 2 aromatic rings. The smallest absolute Gasteiger partial charge is 0.216 e. The van der Waals surface area contributed by atoms with E-state index in [1.165, 1.54) is 13.3 Å². The van der Waals surface area contributed by atoms with Gasteiger partial charge in [-0.05, 0) is 12.5 Å². The summed E-state index contributed by atoms with van der Waals surface area (Å²) in [6.45, 7) is 2.13. The van der Waals surface area contributed by atoms with Gasteiger partial charge in [-0.2, -0.15) is 0 Å². The lowest BCUT2D eigenvalue weighted by Crippen LogP contribution is -2.20. The molecule has 6 nitrogen and oxygen atoms in total.